The minimum absolute atomic E-state index is 0.0124. The number of hydrogen-bond acceptors (Lipinski definition) is 8. The molecule has 0 aliphatic carbocycles. The molecule has 0 saturated carbocycles. The van der Waals surface area contributed by atoms with E-state index in [-0.39, 0.29) is 29.2 Å². The third-order valence-corrected chi connectivity index (χ3v) is 7.78. The zero-order chi connectivity index (χ0) is 24.4. The van der Waals surface area contributed by atoms with Crippen molar-refractivity contribution in [1.82, 2.24) is 34.9 Å². The van der Waals surface area contributed by atoms with Crippen LogP contribution in [0.4, 0.5) is 0 Å². The molecule has 0 radical (unpaired) electrons. The second-order valence-corrected chi connectivity index (χ2v) is 10.6. The molecule has 1 unspecified atom stereocenters. The number of aromatic nitrogens is 4. The van der Waals surface area contributed by atoms with Crippen molar-refractivity contribution in [2.24, 2.45) is 5.41 Å². The summed E-state index contributed by atoms with van der Waals surface area (Å²) in [5.41, 5.74) is 0.395. The highest BCUT2D eigenvalue weighted by atomic mass is 16.4. The van der Waals surface area contributed by atoms with Crippen LogP contribution in [0.3, 0.4) is 0 Å². The Bertz CT molecular complexity index is 1030. The molecule has 2 amide bonds. The van der Waals surface area contributed by atoms with E-state index in [1.54, 1.807) is 12.4 Å². The maximum Gasteiger partial charge on any atom is 0.274 e. The third-order valence-electron chi connectivity index (χ3n) is 7.78. The first-order valence-corrected chi connectivity index (χ1v) is 12.8. The summed E-state index contributed by atoms with van der Waals surface area (Å²) in [7, 11) is 0. The highest BCUT2D eigenvalue weighted by Gasteiger charge is 2.49. The summed E-state index contributed by atoms with van der Waals surface area (Å²) in [4.78, 5) is 40.3. The van der Waals surface area contributed by atoms with E-state index in [2.05, 4.69) is 25.1 Å². The van der Waals surface area contributed by atoms with Crippen molar-refractivity contribution in [3.05, 3.63) is 36.1 Å². The van der Waals surface area contributed by atoms with Gasteiger partial charge in [0.15, 0.2) is 0 Å². The highest BCUT2D eigenvalue weighted by molar-refractivity contribution is 5.92. The summed E-state index contributed by atoms with van der Waals surface area (Å²) in [6, 6.07) is -0.0778. The normalized spacial score (nSPS) is 22.8. The number of rotatable bonds is 5. The zero-order valence-corrected chi connectivity index (χ0v) is 20.7. The summed E-state index contributed by atoms with van der Waals surface area (Å²) in [5.74, 6) is 1.51. The number of carbonyl (C=O) groups is 2. The van der Waals surface area contributed by atoms with Gasteiger partial charge < -0.3 is 14.2 Å². The van der Waals surface area contributed by atoms with Gasteiger partial charge in [0.05, 0.1) is 18.8 Å². The lowest BCUT2D eigenvalue weighted by Crippen LogP contribution is -2.46. The fourth-order valence-corrected chi connectivity index (χ4v) is 5.70. The molecule has 1 spiro atoms. The molecular weight excluding hydrogens is 446 g/mol. The quantitative estimate of drug-likeness (QED) is 0.641. The molecule has 35 heavy (non-hydrogen) atoms. The van der Waals surface area contributed by atoms with Crippen LogP contribution >= 0.6 is 0 Å². The zero-order valence-electron chi connectivity index (χ0n) is 20.7. The minimum atomic E-state index is -0.0778. The van der Waals surface area contributed by atoms with Gasteiger partial charge in [-0.25, -0.2) is 4.98 Å². The van der Waals surface area contributed by atoms with Crippen LogP contribution < -0.4 is 0 Å². The van der Waals surface area contributed by atoms with Gasteiger partial charge in [0.2, 0.25) is 17.7 Å². The van der Waals surface area contributed by atoms with Crippen LogP contribution in [0.5, 0.6) is 0 Å². The van der Waals surface area contributed by atoms with E-state index < -0.39 is 0 Å². The molecule has 0 N–H and O–H groups in total. The molecular formula is C25H35N7O3. The van der Waals surface area contributed by atoms with E-state index in [4.69, 9.17) is 4.42 Å². The Hall–Kier alpha value is -2.88. The Kier molecular flexibility index (Phi) is 6.82. The molecule has 5 rings (SSSR count). The first-order chi connectivity index (χ1) is 16.9. The van der Waals surface area contributed by atoms with Gasteiger partial charge in [-0.2, -0.15) is 0 Å². The van der Waals surface area contributed by atoms with Crippen LogP contribution in [0.15, 0.2) is 23.0 Å². The van der Waals surface area contributed by atoms with E-state index >= 15 is 0 Å². The predicted octanol–water partition coefficient (Wildman–Crippen LogP) is 2.66. The van der Waals surface area contributed by atoms with Gasteiger partial charge in [-0.15, -0.1) is 10.2 Å². The molecule has 188 valence electrons. The largest absolute Gasteiger partial charge is 0.423 e. The molecule has 10 nitrogen and oxygen atoms in total. The first-order valence-electron chi connectivity index (χ1n) is 12.8. The maximum absolute atomic E-state index is 13.2. The van der Waals surface area contributed by atoms with Gasteiger partial charge in [-0.05, 0) is 43.9 Å². The molecule has 3 fully saturated rings. The van der Waals surface area contributed by atoms with Crippen LogP contribution in [0, 0.1) is 5.41 Å². The van der Waals surface area contributed by atoms with Gasteiger partial charge in [-0.3, -0.25) is 19.5 Å². The van der Waals surface area contributed by atoms with Gasteiger partial charge >= 0.3 is 0 Å². The van der Waals surface area contributed by atoms with Crippen LogP contribution in [-0.2, 0) is 4.79 Å². The van der Waals surface area contributed by atoms with Crippen LogP contribution in [0.2, 0.25) is 0 Å². The summed E-state index contributed by atoms with van der Waals surface area (Å²) in [6.45, 7) is 8.26. The number of hydrogen-bond donors (Lipinski definition) is 0. The average Bonchev–Trinajstić information content (AvgIpc) is 3.51. The maximum atomic E-state index is 13.2. The Morgan fingerprint density at radius 2 is 1.83 bits per heavy atom. The Morgan fingerprint density at radius 1 is 1.06 bits per heavy atom. The third kappa shape index (κ3) is 5.07. The van der Waals surface area contributed by atoms with Crippen LogP contribution in [-0.4, -0.2) is 85.9 Å². The monoisotopic (exact) mass is 481 g/mol. The molecule has 2 aromatic rings. The van der Waals surface area contributed by atoms with Gasteiger partial charge in [0.1, 0.15) is 5.69 Å². The van der Waals surface area contributed by atoms with Gasteiger partial charge in [0, 0.05) is 51.0 Å². The van der Waals surface area contributed by atoms with Crippen molar-refractivity contribution in [3.63, 3.8) is 0 Å². The lowest BCUT2D eigenvalue weighted by atomic mass is 9.76. The van der Waals surface area contributed by atoms with Gasteiger partial charge in [-0.1, -0.05) is 13.8 Å². The SMILES string of the molecule is CC(C)c1nnc(C2CC3(CCN(C(=O)c4cnccn4)CC3)CN2CC(=O)N2CCCCC2)o1. The molecule has 1 atom stereocenters. The van der Waals surface area contributed by atoms with E-state index in [9.17, 15) is 9.59 Å². The minimum Gasteiger partial charge on any atom is -0.423 e. The molecule has 3 aliphatic heterocycles. The summed E-state index contributed by atoms with van der Waals surface area (Å²) >= 11 is 0. The standard InChI is InChI=1S/C25H35N7O3/c1-18(2)22-28-29-23(35-22)20-14-25(17-32(20)16-21(33)30-10-4-3-5-11-30)6-12-31(13-7-25)24(34)19-15-26-8-9-27-19/h8-9,15,18,20H,3-7,10-14,16-17H2,1-2H3. The Labute approximate surface area is 206 Å². The molecule has 5 heterocycles. The smallest absolute Gasteiger partial charge is 0.274 e. The van der Waals surface area contributed by atoms with E-state index in [1.165, 1.54) is 12.6 Å². The molecule has 0 aromatic carbocycles. The summed E-state index contributed by atoms with van der Waals surface area (Å²) < 4.78 is 6.07. The Balaban J connectivity index is 1.30. The van der Waals surface area contributed by atoms with Crippen molar-refractivity contribution in [2.45, 2.75) is 64.3 Å². The number of nitrogens with zero attached hydrogens (tertiary/aromatic N) is 7. The lowest BCUT2D eigenvalue weighted by molar-refractivity contribution is -0.133. The topological polar surface area (TPSA) is 109 Å². The fraction of sp³-hybridized carbons (Fsp3) is 0.680. The van der Waals surface area contributed by atoms with Crippen molar-refractivity contribution in [1.29, 1.82) is 0 Å². The number of carbonyl (C=O) groups excluding carboxylic acids is 2. The fourth-order valence-electron chi connectivity index (χ4n) is 5.70. The van der Waals surface area contributed by atoms with E-state index in [0.717, 1.165) is 51.7 Å². The van der Waals surface area contributed by atoms with Crippen molar-refractivity contribution in [3.8, 4) is 0 Å². The highest BCUT2D eigenvalue weighted by Crippen LogP contribution is 2.49. The first kappa shape index (κ1) is 23.8. The summed E-state index contributed by atoms with van der Waals surface area (Å²) in [6.07, 6.45) is 10.6. The van der Waals surface area contributed by atoms with Crippen LogP contribution in [0.25, 0.3) is 0 Å². The molecule has 3 aliphatic rings. The van der Waals surface area contributed by atoms with Crippen LogP contribution in [0.1, 0.15) is 86.6 Å². The molecule has 10 heteroatoms. The summed E-state index contributed by atoms with van der Waals surface area (Å²) in [5, 5.41) is 8.65. The average molecular weight is 482 g/mol. The van der Waals surface area contributed by atoms with Gasteiger partial charge in [0.25, 0.3) is 5.91 Å². The predicted molar refractivity (Wildman–Crippen MR) is 127 cm³/mol. The lowest BCUT2D eigenvalue weighted by Gasteiger charge is -2.39. The number of piperidine rings is 2. The molecule has 3 saturated heterocycles. The van der Waals surface area contributed by atoms with E-state index in [1.807, 2.05) is 23.6 Å². The van der Waals surface area contributed by atoms with Crippen molar-refractivity contribution < 1.29 is 14.0 Å². The molecule has 0 bridgehead atoms. The van der Waals surface area contributed by atoms with E-state index in [0.29, 0.717) is 37.1 Å². The number of likely N-dealkylation sites (tertiary alicyclic amines) is 3. The Morgan fingerprint density at radius 3 is 2.49 bits per heavy atom. The molecule has 2 aromatic heterocycles. The van der Waals surface area contributed by atoms with Crippen molar-refractivity contribution in [2.75, 3.05) is 39.3 Å². The second kappa shape index (κ2) is 10.0. The second-order valence-electron chi connectivity index (χ2n) is 10.6. The van der Waals surface area contributed by atoms with Crippen molar-refractivity contribution >= 4 is 11.8 Å². The number of amides is 2.